The Kier molecular flexibility index (Phi) is 4.86. The number of benzene rings is 1. The Bertz CT molecular complexity index is 461. The number of hydrogen-bond donors (Lipinski definition) is 2. The largest absolute Gasteiger partial charge is 0.478 e. The minimum absolute atomic E-state index is 0.349. The molecule has 1 saturated carbocycles. The first kappa shape index (κ1) is 14.4. The zero-order valence-electron chi connectivity index (χ0n) is 11.2. The molecule has 19 heavy (non-hydrogen) atoms. The van der Waals surface area contributed by atoms with Crippen LogP contribution in [0.4, 0.5) is 5.69 Å². The van der Waals surface area contributed by atoms with Crippen molar-refractivity contribution in [2.24, 2.45) is 5.92 Å². The van der Waals surface area contributed by atoms with Crippen molar-refractivity contribution in [3.8, 4) is 0 Å². The Hall–Kier alpha value is -1.03. The van der Waals surface area contributed by atoms with Gasteiger partial charge in [-0.3, -0.25) is 0 Å². The van der Waals surface area contributed by atoms with Crippen LogP contribution in [0.2, 0.25) is 0 Å². The van der Waals surface area contributed by atoms with Gasteiger partial charge in [0.25, 0.3) is 0 Å². The third kappa shape index (κ3) is 3.72. The van der Waals surface area contributed by atoms with Crippen LogP contribution in [-0.4, -0.2) is 17.1 Å². The third-order valence-electron chi connectivity index (χ3n) is 3.93. The second kappa shape index (κ2) is 6.42. The van der Waals surface area contributed by atoms with Gasteiger partial charge in [0, 0.05) is 10.5 Å². The molecule has 0 heterocycles. The van der Waals surface area contributed by atoms with Gasteiger partial charge in [-0.1, -0.05) is 42.1 Å². The first-order chi connectivity index (χ1) is 9.10. The molecule has 0 aliphatic heterocycles. The second-order valence-electron chi connectivity index (χ2n) is 5.28. The van der Waals surface area contributed by atoms with E-state index in [4.69, 9.17) is 0 Å². The summed E-state index contributed by atoms with van der Waals surface area (Å²) >= 11 is 3.40. The molecule has 2 atom stereocenters. The molecule has 104 valence electrons. The summed E-state index contributed by atoms with van der Waals surface area (Å²) in [6.07, 6.45) is 6.01. The molecule has 1 aromatic carbocycles. The highest BCUT2D eigenvalue weighted by Crippen LogP contribution is 2.30. The van der Waals surface area contributed by atoms with Crippen molar-refractivity contribution < 1.29 is 9.90 Å². The molecule has 0 spiro atoms. The average Bonchev–Trinajstić information content (AvgIpc) is 2.38. The van der Waals surface area contributed by atoms with Crippen molar-refractivity contribution in [3.63, 3.8) is 0 Å². The van der Waals surface area contributed by atoms with Crippen molar-refractivity contribution in [2.75, 3.05) is 5.32 Å². The minimum Gasteiger partial charge on any atom is -0.478 e. The normalized spacial score (nSPS) is 23.1. The molecular formula is C15H20BrNO2. The highest BCUT2D eigenvalue weighted by Gasteiger charge is 2.22. The van der Waals surface area contributed by atoms with Crippen molar-refractivity contribution >= 4 is 27.6 Å². The molecule has 0 aromatic heterocycles. The SMILES string of the molecule is CCC1CCCC(Nc2cc(Br)ccc2C(=O)O)C1. The molecule has 2 rings (SSSR count). The molecule has 1 fully saturated rings. The summed E-state index contributed by atoms with van der Waals surface area (Å²) in [5.41, 5.74) is 1.07. The molecular weight excluding hydrogens is 306 g/mol. The fourth-order valence-electron chi connectivity index (χ4n) is 2.84. The topological polar surface area (TPSA) is 49.3 Å². The van der Waals surface area contributed by atoms with E-state index < -0.39 is 5.97 Å². The van der Waals surface area contributed by atoms with Crippen LogP contribution in [0.25, 0.3) is 0 Å². The van der Waals surface area contributed by atoms with Gasteiger partial charge in [0.15, 0.2) is 0 Å². The molecule has 2 unspecified atom stereocenters. The Labute approximate surface area is 122 Å². The van der Waals surface area contributed by atoms with E-state index in [9.17, 15) is 9.90 Å². The van der Waals surface area contributed by atoms with E-state index in [1.54, 1.807) is 12.1 Å². The molecule has 0 bridgehead atoms. The molecule has 1 aromatic rings. The summed E-state index contributed by atoms with van der Waals surface area (Å²) < 4.78 is 0.905. The minimum atomic E-state index is -0.877. The number of halogens is 1. The van der Waals surface area contributed by atoms with E-state index in [0.29, 0.717) is 11.6 Å². The molecule has 1 aliphatic rings. The van der Waals surface area contributed by atoms with Gasteiger partial charge in [0.1, 0.15) is 0 Å². The predicted molar refractivity (Wildman–Crippen MR) is 80.8 cm³/mol. The number of hydrogen-bond acceptors (Lipinski definition) is 2. The lowest BCUT2D eigenvalue weighted by Crippen LogP contribution is -2.27. The van der Waals surface area contributed by atoms with E-state index in [1.807, 2.05) is 6.07 Å². The van der Waals surface area contributed by atoms with Crippen molar-refractivity contribution in [2.45, 2.75) is 45.1 Å². The molecule has 2 N–H and O–H groups in total. The Balaban J connectivity index is 2.13. The first-order valence-corrected chi connectivity index (χ1v) is 7.68. The highest BCUT2D eigenvalue weighted by atomic mass is 79.9. The molecule has 3 nitrogen and oxygen atoms in total. The first-order valence-electron chi connectivity index (χ1n) is 6.89. The maximum atomic E-state index is 11.2. The highest BCUT2D eigenvalue weighted by molar-refractivity contribution is 9.10. The van der Waals surface area contributed by atoms with Gasteiger partial charge in [0.2, 0.25) is 0 Å². The summed E-state index contributed by atoms with van der Waals surface area (Å²) in [4.78, 5) is 11.2. The zero-order chi connectivity index (χ0) is 13.8. The summed E-state index contributed by atoms with van der Waals surface area (Å²) in [5.74, 6) is -0.107. The number of carboxylic acids is 1. The van der Waals surface area contributed by atoms with Crippen LogP contribution in [0, 0.1) is 5.92 Å². The monoisotopic (exact) mass is 325 g/mol. The van der Waals surface area contributed by atoms with E-state index >= 15 is 0 Å². The van der Waals surface area contributed by atoms with Gasteiger partial charge in [-0.15, -0.1) is 0 Å². The second-order valence-corrected chi connectivity index (χ2v) is 6.19. The van der Waals surface area contributed by atoms with Crippen LogP contribution in [-0.2, 0) is 0 Å². The van der Waals surface area contributed by atoms with Gasteiger partial charge in [-0.25, -0.2) is 4.79 Å². The van der Waals surface area contributed by atoms with Crippen LogP contribution < -0.4 is 5.32 Å². The molecule has 0 saturated heterocycles. The van der Waals surface area contributed by atoms with Crippen LogP contribution in [0.15, 0.2) is 22.7 Å². The fraction of sp³-hybridized carbons (Fsp3) is 0.533. The van der Waals surface area contributed by atoms with E-state index in [2.05, 4.69) is 28.2 Å². The summed E-state index contributed by atoms with van der Waals surface area (Å²) in [6.45, 7) is 2.23. The van der Waals surface area contributed by atoms with Gasteiger partial charge >= 0.3 is 5.97 Å². The number of carboxylic acid groups (broad SMARTS) is 1. The van der Waals surface area contributed by atoms with E-state index in [-0.39, 0.29) is 0 Å². The van der Waals surface area contributed by atoms with Crippen LogP contribution in [0.3, 0.4) is 0 Å². The van der Waals surface area contributed by atoms with Gasteiger partial charge in [-0.05, 0) is 37.0 Å². The lowest BCUT2D eigenvalue weighted by Gasteiger charge is -2.30. The van der Waals surface area contributed by atoms with Crippen LogP contribution in [0.5, 0.6) is 0 Å². The average molecular weight is 326 g/mol. The quantitative estimate of drug-likeness (QED) is 0.855. The number of aromatic carboxylic acids is 1. The van der Waals surface area contributed by atoms with Crippen molar-refractivity contribution in [1.82, 2.24) is 0 Å². The van der Waals surface area contributed by atoms with Crippen LogP contribution >= 0.6 is 15.9 Å². The lowest BCUT2D eigenvalue weighted by molar-refractivity contribution is 0.0698. The third-order valence-corrected chi connectivity index (χ3v) is 4.43. The number of anilines is 1. The Morgan fingerprint density at radius 1 is 1.47 bits per heavy atom. The van der Waals surface area contributed by atoms with Gasteiger partial charge in [-0.2, -0.15) is 0 Å². The molecule has 0 amide bonds. The number of nitrogens with one attached hydrogen (secondary N) is 1. The standard InChI is InChI=1S/C15H20BrNO2/c1-2-10-4-3-5-12(8-10)17-14-9-11(16)6-7-13(14)15(18)19/h6-7,9-10,12,17H,2-5,8H2,1H3,(H,18,19). The zero-order valence-corrected chi connectivity index (χ0v) is 12.7. The molecule has 1 aliphatic carbocycles. The van der Waals surface area contributed by atoms with E-state index in [0.717, 1.165) is 28.9 Å². The van der Waals surface area contributed by atoms with Crippen LogP contribution in [0.1, 0.15) is 49.4 Å². The summed E-state index contributed by atoms with van der Waals surface area (Å²) in [5, 5.41) is 12.7. The predicted octanol–water partition coefficient (Wildman–Crippen LogP) is 4.53. The van der Waals surface area contributed by atoms with Gasteiger partial charge < -0.3 is 10.4 Å². The molecule has 0 radical (unpaired) electrons. The summed E-state index contributed by atoms with van der Waals surface area (Å²) in [7, 11) is 0. The number of rotatable bonds is 4. The van der Waals surface area contributed by atoms with Gasteiger partial charge in [0.05, 0.1) is 11.3 Å². The number of carbonyl (C=O) groups is 1. The van der Waals surface area contributed by atoms with Crippen molar-refractivity contribution in [3.05, 3.63) is 28.2 Å². The lowest BCUT2D eigenvalue weighted by atomic mass is 9.84. The smallest absolute Gasteiger partial charge is 0.337 e. The fourth-order valence-corrected chi connectivity index (χ4v) is 3.20. The maximum absolute atomic E-state index is 11.2. The van der Waals surface area contributed by atoms with Crippen molar-refractivity contribution in [1.29, 1.82) is 0 Å². The Morgan fingerprint density at radius 2 is 2.26 bits per heavy atom. The maximum Gasteiger partial charge on any atom is 0.337 e. The Morgan fingerprint density at radius 3 is 2.95 bits per heavy atom. The summed E-state index contributed by atoms with van der Waals surface area (Å²) in [6, 6.07) is 5.67. The van der Waals surface area contributed by atoms with E-state index in [1.165, 1.54) is 19.3 Å². The molecule has 4 heteroatoms.